The zero-order chi connectivity index (χ0) is 20.1. The molecule has 0 saturated carbocycles. The molecule has 1 saturated heterocycles. The topological polar surface area (TPSA) is 68.2 Å². The first-order valence-corrected chi connectivity index (χ1v) is 9.40. The summed E-state index contributed by atoms with van der Waals surface area (Å²) in [5, 5.41) is 9.52. The van der Waals surface area contributed by atoms with Crippen LogP contribution in [0.4, 0.5) is 0 Å². The lowest BCUT2D eigenvalue weighted by molar-refractivity contribution is -0.143. The number of carboxylic acid groups (broad SMARTS) is 1. The molecule has 0 bridgehead atoms. The van der Waals surface area contributed by atoms with Crippen molar-refractivity contribution >= 4 is 5.97 Å². The minimum Gasteiger partial charge on any atom is -0.497 e. The van der Waals surface area contributed by atoms with Gasteiger partial charge in [-0.2, -0.15) is 0 Å². The van der Waals surface area contributed by atoms with Gasteiger partial charge in [-0.3, -0.25) is 9.69 Å². The Bertz CT molecular complexity index is 805. The largest absolute Gasteiger partial charge is 0.497 e. The van der Waals surface area contributed by atoms with Crippen LogP contribution < -0.4 is 14.2 Å². The molecule has 1 heterocycles. The van der Waals surface area contributed by atoms with Crippen molar-refractivity contribution in [1.29, 1.82) is 0 Å². The van der Waals surface area contributed by atoms with Crippen LogP contribution >= 0.6 is 0 Å². The second kappa shape index (κ2) is 8.97. The highest BCUT2D eigenvalue weighted by molar-refractivity contribution is 5.70. The average molecular weight is 385 g/mol. The lowest BCUT2D eigenvalue weighted by atomic mass is 9.91. The maximum absolute atomic E-state index is 11.6. The van der Waals surface area contributed by atoms with Crippen LogP contribution in [0.25, 0.3) is 0 Å². The Balaban J connectivity index is 2.02. The number of aliphatic carboxylic acids is 1. The third-order valence-electron chi connectivity index (χ3n) is 5.32. The highest BCUT2D eigenvalue weighted by Crippen LogP contribution is 2.37. The molecule has 1 N–H and O–H groups in total. The number of benzene rings is 2. The van der Waals surface area contributed by atoms with E-state index in [0.29, 0.717) is 24.5 Å². The van der Waals surface area contributed by atoms with Gasteiger partial charge in [-0.15, -0.1) is 0 Å². The monoisotopic (exact) mass is 385 g/mol. The molecular weight excluding hydrogens is 358 g/mol. The number of ether oxygens (including phenoxy) is 3. The SMILES string of the molecule is COc1ccc(C(c2ccc(OC)c(OC)c2)N2CCCC(C(=O)O)C2)cc1. The second-order valence-corrected chi connectivity index (χ2v) is 6.96. The summed E-state index contributed by atoms with van der Waals surface area (Å²) in [6.45, 7) is 1.36. The highest BCUT2D eigenvalue weighted by atomic mass is 16.5. The third-order valence-corrected chi connectivity index (χ3v) is 5.32. The maximum atomic E-state index is 11.6. The molecule has 0 radical (unpaired) electrons. The van der Waals surface area contributed by atoms with Crippen LogP contribution in [0.5, 0.6) is 17.2 Å². The zero-order valence-electron chi connectivity index (χ0n) is 16.6. The first kappa shape index (κ1) is 20.0. The highest BCUT2D eigenvalue weighted by Gasteiger charge is 2.31. The fraction of sp³-hybridized carbons (Fsp3) is 0.409. The zero-order valence-corrected chi connectivity index (χ0v) is 16.6. The molecule has 2 aromatic rings. The Morgan fingerprint density at radius 2 is 1.68 bits per heavy atom. The Hall–Kier alpha value is -2.73. The second-order valence-electron chi connectivity index (χ2n) is 6.96. The lowest BCUT2D eigenvalue weighted by Gasteiger charge is -2.37. The van der Waals surface area contributed by atoms with Crippen molar-refractivity contribution in [2.24, 2.45) is 5.92 Å². The molecule has 6 heteroatoms. The van der Waals surface area contributed by atoms with Crippen molar-refractivity contribution in [2.75, 3.05) is 34.4 Å². The van der Waals surface area contributed by atoms with Crippen molar-refractivity contribution in [3.8, 4) is 17.2 Å². The number of carboxylic acids is 1. The molecule has 0 spiro atoms. The predicted molar refractivity (Wildman–Crippen MR) is 106 cm³/mol. The van der Waals surface area contributed by atoms with E-state index in [1.54, 1.807) is 21.3 Å². The van der Waals surface area contributed by atoms with Crippen LogP contribution in [0, 0.1) is 5.92 Å². The number of likely N-dealkylation sites (tertiary alicyclic amines) is 1. The van der Waals surface area contributed by atoms with Crippen LogP contribution in [0.2, 0.25) is 0 Å². The standard InChI is InChI=1S/C22H27NO5/c1-26-18-9-6-15(7-10-18)21(23-12-4-5-17(14-23)22(24)25)16-8-11-19(27-2)20(13-16)28-3/h6-11,13,17,21H,4-5,12,14H2,1-3H3,(H,24,25). The quantitative estimate of drug-likeness (QED) is 0.785. The molecule has 1 aliphatic heterocycles. The van der Waals surface area contributed by atoms with Gasteiger partial charge in [0, 0.05) is 6.54 Å². The fourth-order valence-corrected chi connectivity index (χ4v) is 3.87. The first-order valence-electron chi connectivity index (χ1n) is 9.40. The smallest absolute Gasteiger partial charge is 0.307 e. The fourth-order valence-electron chi connectivity index (χ4n) is 3.87. The molecular formula is C22H27NO5. The molecule has 0 aromatic heterocycles. The normalized spacial score (nSPS) is 18.3. The van der Waals surface area contributed by atoms with E-state index in [2.05, 4.69) is 4.90 Å². The van der Waals surface area contributed by atoms with E-state index in [1.807, 2.05) is 42.5 Å². The van der Waals surface area contributed by atoms with E-state index in [9.17, 15) is 9.90 Å². The lowest BCUT2D eigenvalue weighted by Crippen LogP contribution is -2.41. The molecule has 0 amide bonds. The van der Waals surface area contributed by atoms with E-state index in [0.717, 1.165) is 29.8 Å². The molecule has 3 rings (SSSR count). The van der Waals surface area contributed by atoms with Gasteiger partial charge in [0.05, 0.1) is 33.3 Å². The number of hydrogen-bond donors (Lipinski definition) is 1. The summed E-state index contributed by atoms with van der Waals surface area (Å²) in [5.41, 5.74) is 2.12. The Labute approximate surface area is 165 Å². The van der Waals surface area contributed by atoms with Gasteiger partial charge in [-0.25, -0.2) is 0 Å². The summed E-state index contributed by atoms with van der Waals surface area (Å²) in [4.78, 5) is 13.8. The average Bonchev–Trinajstić information content (AvgIpc) is 2.74. The van der Waals surface area contributed by atoms with Crippen molar-refractivity contribution in [3.05, 3.63) is 53.6 Å². The molecule has 6 nitrogen and oxygen atoms in total. The van der Waals surface area contributed by atoms with Gasteiger partial charge < -0.3 is 19.3 Å². The summed E-state index contributed by atoms with van der Waals surface area (Å²) in [7, 11) is 4.87. The van der Waals surface area contributed by atoms with Gasteiger partial charge in [0.1, 0.15) is 5.75 Å². The number of rotatable bonds is 7. The van der Waals surface area contributed by atoms with E-state index < -0.39 is 5.97 Å². The van der Waals surface area contributed by atoms with E-state index in [-0.39, 0.29) is 12.0 Å². The Morgan fingerprint density at radius 3 is 2.29 bits per heavy atom. The van der Waals surface area contributed by atoms with Gasteiger partial charge in [0.2, 0.25) is 0 Å². The van der Waals surface area contributed by atoms with Gasteiger partial charge in [0.25, 0.3) is 0 Å². The van der Waals surface area contributed by atoms with Crippen molar-refractivity contribution in [3.63, 3.8) is 0 Å². The van der Waals surface area contributed by atoms with E-state index >= 15 is 0 Å². The van der Waals surface area contributed by atoms with Gasteiger partial charge in [0.15, 0.2) is 11.5 Å². The molecule has 2 atom stereocenters. The molecule has 1 aliphatic rings. The minimum absolute atomic E-state index is 0.0761. The van der Waals surface area contributed by atoms with Crippen LogP contribution in [-0.2, 0) is 4.79 Å². The van der Waals surface area contributed by atoms with E-state index in [1.165, 1.54) is 0 Å². The van der Waals surface area contributed by atoms with Crippen LogP contribution in [0.1, 0.15) is 30.0 Å². The summed E-state index contributed by atoms with van der Waals surface area (Å²) in [6.07, 6.45) is 1.57. The number of methoxy groups -OCH3 is 3. The van der Waals surface area contributed by atoms with Crippen molar-refractivity contribution < 1.29 is 24.1 Å². The first-order chi connectivity index (χ1) is 13.6. The summed E-state index contributed by atoms with van der Waals surface area (Å²) >= 11 is 0. The summed E-state index contributed by atoms with van der Waals surface area (Å²) in [5.74, 6) is 1.03. The van der Waals surface area contributed by atoms with Crippen LogP contribution in [0.15, 0.2) is 42.5 Å². The van der Waals surface area contributed by atoms with Crippen molar-refractivity contribution in [1.82, 2.24) is 4.90 Å². The molecule has 2 unspecified atom stereocenters. The minimum atomic E-state index is -0.731. The third kappa shape index (κ3) is 4.22. The number of carbonyl (C=O) groups is 1. The van der Waals surface area contributed by atoms with E-state index in [4.69, 9.17) is 14.2 Å². The Kier molecular flexibility index (Phi) is 6.41. The number of nitrogens with zero attached hydrogens (tertiary/aromatic N) is 1. The molecule has 0 aliphatic carbocycles. The Morgan fingerprint density at radius 1 is 1.00 bits per heavy atom. The van der Waals surface area contributed by atoms with Gasteiger partial charge >= 0.3 is 5.97 Å². The van der Waals surface area contributed by atoms with Crippen molar-refractivity contribution in [2.45, 2.75) is 18.9 Å². The predicted octanol–water partition coefficient (Wildman–Crippen LogP) is 3.60. The molecule has 2 aromatic carbocycles. The number of piperidine rings is 1. The molecule has 28 heavy (non-hydrogen) atoms. The van der Waals surface area contributed by atoms with Crippen LogP contribution in [0.3, 0.4) is 0 Å². The summed E-state index contributed by atoms with van der Waals surface area (Å²) < 4.78 is 16.1. The van der Waals surface area contributed by atoms with Gasteiger partial charge in [-0.1, -0.05) is 18.2 Å². The summed E-state index contributed by atoms with van der Waals surface area (Å²) in [6, 6.07) is 13.7. The van der Waals surface area contributed by atoms with Gasteiger partial charge in [-0.05, 0) is 54.8 Å². The molecule has 1 fully saturated rings. The van der Waals surface area contributed by atoms with Crippen LogP contribution in [-0.4, -0.2) is 50.4 Å². The molecule has 150 valence electrons. The maximum Gasteiger partial charge on any atom is 0.307 e. The number of hydrogen-bond acceptors (Lipinski definition) is 5.